The van der Waals surface area contributed by atoms with Gasteiger partial charge in [0.2, 0.25) is 0 Å². The van der Waals surface area contributed by atoms with E-state index in [1.165, 1.54) is 167 Å². The van der Waals surface area contributed by atoms with E-state index in [0.29, 0.717) is 25.7 Å². The predicted molar refractivity (Wildman–Crippen MR) is 217 cm³/mol. The molecule has 0 atom stereocenters. The summed E-state index contributed by atoms with van der Waals surface area (Å²) in [6.07, 6.45) is 38.8. The summed E-state index contributed by atoms with van der Waals surface area (Å²) < 4.78 is 8.90. The molecule has 0 aromatic carbocycles. The number of ether oxygens (including phenoxy) is 2. The van der Waals surface area contributed by atoms with E-state index in [-0.39, 0.29) is 13.2 Å². The first-order valence-electron chi connectivity index (χ1n) is 22.5. The van der Waals surface area contributed by atoms with Gasteiger partial charge >= 0.3 is 24.2 Å². The molecule has 0 bridgehead atoms. The molecule has 0 N–H and O–H groups in total. The molecule has 0 aliphatic carbocycles. The van der Waals surface area contributed by atoms with Gasteiger partial charge in [-0.15, -0.1) is 0 Å². The SMILES string of the molecule is CCCCCCCCCCCCCCCCCC(=O)OOC(=O)CCCCCCCCCCCCCCCCC.CCCOC(=O)OOC(=O)OCCC. The van der Waals surface area contributed by atoms with Gasteiger partial charge in [-0.3, -0.25) is 0 Å². The summed E-state index contributed by atoms with van der Waals surface area (Å²) in [5.41, 5.74) is 0. The lowest BCUT2D eigenvalue weighted by Crippen LogP contribution is -2.14. The van der Waals surface area contributed by atoms with Crippen LogP contribution in [0.15, 0.2) is 0 Å². The lowest BCUT2D eigenvalue weighted by Gasteiger charge is -2.05. The lowest BCUT2D eigenvalue weighted by molar-refractivity contribution is -0.259. The van der Waals surface area contributed by atoms with Crippen molar-refractivity contribution in [1.82, 2.24) is 0 Å². The Labute approximate surface area is 331 Å². The minimum atomic E-state index is -1.06. The molecule has 0 saturated carbocycles. The molecule has 0 saturated heterocycles. The number of hydrogen-bond donors (Lipinski definition) is 0. The van der Waals surface area contributed by atoms with Gasteiger partial charge in [0.1, 0.15) is 0 Å². The average molecular weight is 773 g/mol. The van der Waals surface area contributed by atoms with Gasteiger partial charge in [0, 0.05) is 0 Å². The number of unbranched alkanes of at least 4 members (excludes halogenated alkanes) is 28. The Balaban J connectivity index is 0. The molecule has 0 fully saturated rings. The van der Waals surface area contributed by atoms with Crippen molar-refractivity contribution >= 4 is 24.2 Å². The largest absolute Gasteiger partial charge is 0.549 e. The molecule has 0 heterocycles. The van der Waals surface area contributed by atoms with Crippen molar-refractivity contribution in [3.8, 4) is 0 Å². The van der Waals surface area contributed by atoms with Gasteiger partial charge in [-0.25, -0.2) is 19.4 Å². The standard InChI is InChI=1S/C36H70O4.C8H14O6/c1-3-5-7-9-11-13-15-17-19-21-23-25-27-29-31-33-35(37)39-40-36(38)34-32-30-28-26-24-22-20-18-16-14-12-10-8-6-4-2;1-3-5-11-7(9)13-14-8(10)12-6-4-2/h3-34H2,1-2H3;3-6H2,1-2H3. The van der Waals surface area contributed by atoms with Crippen LogP contribution in [0.4, 0.5) is 9.59 Å². The smallest absolute Gasteiger partial charge is 0.432 e. The number of rotatable bonds is 36. The minimum absolute atomic E-state index is 0.214. The van der Waals surface area contributed by atoms with Gasteiger partial charge < -0.3 is 9.47 Å². The molecular formula is C44H84O10. The third kappa shape index (κ3) is 47.5. The maximum atomic E-state index is 11.8. The second-order valence-electron chi connectivity index (χ2n) is 14.7. The van der Waals surface area contributed by atoms with E-state index in [0.717, 1.165) is 25.7 Å². The Morgan fingerprint density at radius 1 is 0.278 bits per heavy atom. The van der Waals surface area contributed by atoms with Crippen molar-refractivity contribution in [2.45, 2.75) is 246 Å². The van der Waals surface area contributed by atoms with Crippen LogP contribution in [0.25, 0.3) is 0 Å². The summed E-state index contributed by atoms with van der Waals surface area (Å²) in [4.78, 5) is 62.1. The fraction of sp³-hybridized carbons (Fsp3) is 0.909. The molecule has 0 amide bonds. The molecule has 0 rings (SSSR count). The number of hydrogen-bond acceptors (Lipinski definition) is 10. The van der Waals surface area contributed by atoms with Gasteiger partial charge in [-0.05, 0) is 25.7 Å². The quantitative estimate of drug-likeness (QED) is 0.0263. The van der Waals surface area contributed by atoms with Crippen molar-refractivity contribution in [2.75, 3.05) is 13.2 Å². The lowest BCUT2D eigenvalue weighted by atomic mass is 10.0. The summed E-state index contributed by atoms with van der Waals surface area (Å²) in [6.45, 7) is 8.62. The molecule has 0 spiro atoms. The van der Waals surface area contributed by atoms with E-state index < -0.39 is 24.2 Å². The highest BCUT2D eigenvalue weighted by molar-refractivity contribution is 5.72. The summed E-state index contributed by atoms with van der Waals surface area (Å²) in [6, 6.07) is 0. The highest BCUT2D eigenvalue weighted by Crippen LogP contribution is 2.15. The van der Waals surface area contributed by atoms with Gasteiger partial charge in [0.05, 0.1) is 26.1 Å². The maximum absolute atomic E-state index is 11.8. The van der Waals surface area contributed by atoms with Crippen molar-refractivity contribution in [1.29, 1.82) is 0 Å². The van der Waals surface area contributed by atoms with Gasteiger partial charge in [0.15, 0.2) is 0 Å². The topological polar surface area (TPSA) is 124 Å². The summed E-state index contributed by atoms with van der Waals surface area (Å²) in [5.74, 6) is -0.834. The van der Waals surface area contributed by atoms with Crippen LogP contribution in [-0.4, -0.2) is 37.5 Å². The van der Waals surface area contributed by atoms with Crippen LogP contribution in [0.1, 0.15) is 246 Å². The average Bonchev–Trinajstić information content (AvgIpc) is 3.17. The molecule has 10 nitrogen and oxygen atoms in total. The highest BCUT2D eigenvalue weighted by Gasteiger charge is 2.11. The molecule has 0 radical (unpaired) electrons. The monoisotopic (exact) mass is 773 g/mol. The minimum Gasteiger partial charge on any atom is -0.432 e. The van der Waals surface area contributed by atoms with E-state index in [4.69, 9.17) is 9.78 Å². The van der Waals surface area contributed by atoms with E-state index >= 15 is 0 Å². The van der Waals surface area contributed by atoms with Crippen molar-refractivity contribution in [2.24, 2.45) is 0 Å². The molecule has 0 aromatic heterocycles. The van der Waals surface area contributed by atoms with E-state index in [1.807, 2.05) is 13.8 Å². The first kappa shape index (κ1) is 53.6. The van der Waals surface area contributed by atoms with Crippen molar-refractivity contribution < 1.29 is 48.2 Å². The Morgan fingerprint density at radius 2 is 0.500 bits per heavy atom. The molecule has 0 aromatic rings. The van der Waals surface area contributed by atoms with Crippen LogP contribution in [0.2, 0.25) is 0 Å². The summed E-state index contributed by atoms with van der Waals surface area (Å²) in [7, 11) is 0. The van der Waals surface area contributed by atoms with Crippen LogP contribution in [0, 0.1) is 0 Å². The molecule has 54 heavy (non-hydrogen) atoms. The zero-order valence-electron chi connectivity index (χ0n) is 35.5. The third-order valence-corrected chi connectivity index (χ3v) is 9.22. The molecular weight excluding hydrogens is 688 g/mol. The normalized spacial score (nSPS) is 10.6. The Hall–Kier alpha value is -2.52. The predicted octanol–water partition coefficient (Wildman–Crippen LogP) is 14.5. The zero-order chi connectivity index (χ0) is 40.0. The fourth-order valence-electron chi connectivity index (χ4n) is 5.94. The molecule has 10 heteroatoms. The fourth-order valence-corrected chi connectivity index (χ4v) is 5.94. The maximum Gasteiger partial charge on any atom is 0.549 e. The Morgan fingerprint density at radius 3 is 0.722 bits per heavy atom. The van der Waals surface area contributed by atoms with Crippen LogP contribution < -0.4 is 0 Å². The van der Waals surface area contributed by atoms with E-state index in [1.54, 1.807) is 0 Å². The van der Waals surface area contributed by atoms with E-state index in [9.17, 15) is 19.2 Å². The number of carbonyl (C=O) groups is 4. The van der Waals surface area contributed by atoms with Crippen molar-refractivity contribution in [3.05, 3.63) is 0 Å². The van der Waals surface area contributed by atoms with Gasteiger partial charge in [-0.1, -0.05) is 207 Å². The molecule has 0 unspecified atom stereocenters. The van der Waals surface area contributed by atoms with Crippen LogP contribution in [0.3, 0.4) is 0 Å². The van der Waals surface area contributed by atoms with Crippen LogP contribution in [0.5, 0.6) is 0 Å². The highest BCUT2D eigenvalue weighted by atomic mass is 17.3. The zero-order valence-corrected chi connectivity index (χ0v) is 35.5. The summed E-state index contributed by atoms with van der Waals surface area (Å²) in [5, 5.41) is 0. The van der Waals surface area contributed by atoms with Crippen LogP contribution >= 0.6 is 0 Å². The first-order valence-corrected chi connectivity index (χ1v) is 22.5. The van der Waals surface area contributed by atoms with E-state index in [2.05, 4.69) is 33.1 Å². The third-order valence-electron chi connectivity index (χ3n) is 9.22. The molecule has 0 aliphatic rings. The van der Waals surface area contributed by atoms with Crippen molar-refractivity contribution in [3.63, 3.8) is 0 Å². The Kier molecular flexibility index (Phi) is 46.3. The van der Waals surface area contributed by atoms with Gasteiger partial charge in [0.25, 0.3) is 0 Å². The number of carbonyl (C=O) groups excluding carboxylic acids is 4. The molecule has 0 aliphatic heterocycles. The first-order chi connectivity index (χ1) is 26.4. The second-order valence-corrected chi connectivity index (χ2v) is 14.7. The molecule has 320 valence electrons. The van der Waals surface area contributed by atoms with Crippen LogP contribution in [-0.2, 0) is 38.6 Å². The second kappa shape index (κ2) is 46.6. The summed E-state index contributed by atoms with van der Waals surface area (Å²) >= 11 is 0. The Bertz CT molecular complexity index is 753. The van der Waals surface area contributed by atoms with Gasteiger partial charge in [-0.2, -0.15) is 19.4 Å².